The Hall–Kier alpha value is -1.81. The van der Waals surface area contributed by atoms with E-state index in [1.807, 2.05) is 13.8 Å². The number of Topliss-reactive ketones (excluding diaryl/α,β-unsaturated/α-hetero) is 1. The van der Waals surface area contributed by atoms with Crippen LogP contribution in [-0.2, 0) is 4.79 Å². The van der Waals surface area contributed by atoms with Gasteiger partial charge in [0.1, 0.15) is 17.4 Å². The molecule has 0 aliphatic rings. The molecule has 0 radical (unpaired) electrons. The molecule has 1 unspecified atom stereocenters. The monoisotopic (exact) mass is 292 g/mol. The third kappa shape index (κ3) is 3.02. The summed E-state index contributed by atoms with van der Waals surface area (Å²) in [7, 11) is 0. The Bertz CT molecular complexity index is 576. The maximum atomic E-state index is 11.9. The van der Waals surface area contributed by atoms with Crippen LogP contribution in [0.15, 0.2) is 36.7 Å². The number of benzene rings is 1. The van der Waals surface area contributed by atoms with Crippen LogP contribution in [0.1, 0.15) is 32.7 Å². The first kappa shape index (κ1) is 14.6. The van der Waals surface area contributed by atoms with Crippen molar-refractivity contribution in [2.75, 3.05) is 0 Å². The summed E-state index contributed by atoms with van der Waals surface area (Å²) in [6, 6.07) is 7.04. The second kappa shape index (κ2) is 5.67. The molecule has 0 aliphatic carbocycles. The van der Waals surface area contributed by atoms with Crippen molar-refractivity contribution in [2.45, 2.75) is 26.9 Å². The van der Waals surface area contributed by atoms with Crippen LogP contribution in [0.4, 0.5) is 0 Å². The molecule has 1 N–H and O–H groups in total. The van der Waals surface area contributed by atoms with Crippen LogP contribution in [-0.4, -0.2) is 15.8 Å². The normalized spacial score (nSPS) is 13.0. The minimum Gasteiger partial charge on any atom is -0.481 e. The van der Waals surface area contributed by atoms with Gasteiger partial charge in [-0.3, -0.25) is 4.79 Å². The average Bonchev–Trinajstić information content (AvgIpc) is 2.91. The number of nitrogens with one attached hydrogen (secondary N) is 1. The Morgan fingerprint density at radius 3 is 2.50 bits per heavy atom. The van der Waals surface area contributed by atoms with Crippen molar-refractivity contribution in [3.05, 3.63) is 47.5 Å². The first-order chi connectivity index (χ1) is 9.41. The Morgan fingerprint density at radius 2 is 2.00 bits per heavy atom. The van der Waals surface area contributed by atoms with Crippen molar-refractivity contribution in [2.24, 2.45) is 5.41 Å². The summed E-state index contributed by atoms with van der Waals surface area (Å²) in [5.41, 5.74) is -0.697. The van der Waals surface area contributed by atoms with Crippen molar-refractivity contribution in [3.63, 3.8) is 0 Å². The van der Waals surface area contributed by atoms with Crippen LogP contribution in [0.5, 0.6) is 5.75 Å². The van der Waals surface area contributed by atoms with E-state index < -0.39 is 11.5 Å². The van der Waals surface area contributed by atoms with E-state index in [9.17, 15) is 4.79 Å². The molecule has 0 bridgehead atoms. The van der Waals surface area contributed by atoms with Gasteiger partial charge in [-0.25, -0.2) is 4.98 Å². The number of rotatable bonds is 5. The highest BCUT2D eigenvalue weighted by Crippen LogP contribution is 2.36. The lowest BCUT2D eigenvalue weighted by Crippen LogP contribution is -2.34. The molecular formula is C15H17ClN2O2. The fourth-order valence-corrected chi connectivity index (χ4v) is 1.93. The lowest BCUT2D eigenvalue weighted by atomic mass is 9.82. The Kier molecular flexibility index (Phi) is 4.14. The van der Waals surface area contributed by atoms with Crippen LogP contribution >= 0.6 is 11.6 Å². The van der Waals surface area contributed by atoms with Crippen LogP contribution in [0.2, 0.25) is 5.02 Å². The molecule has 0 aliphatic heterocycles. The number of imidazole rings is 1. The molecule has 0 spiro atoms. The molecule has 106 valence electrons. The smallest absolute Gasteiger partial charge is 0.168 e. The van der Waals surface area contributed by atoms with Gasteiger partial charge in [0, 0.05) is 17.4 Å². The fourth-order valence-electron chi connectivity index (χ4n) is 1.80. The molecular weight excluding hydrogens is 276 g/mol. The largest absolute Gasteiger partial charge is 0.481 e. The number of halogens is 1. The number of hydrogen-bond acceptors (Lipinski definition) is 3. The molecule has 2 aromatic rings. The van der Waals surface area contributed by atoms with Crippen molar-refractivity contribution >= 4 is 17.4 Å². The third-order valence-corrected chi connectivity index (χ3v) is 3.65. The zero-order chi connectivity index (χ0) is 14.8. The van der Waals surface area contributed by atoms with Gasteiger partial charge in [0.05, 0.1) is 5.41 Å². The fraction of sp³-hybridized carbons (Fsp3) is 0.333. The Balaban J connectivity index is 2.33. The van der Waals surface area contributed by atoms with E-state index in [-0.39, 0.29) is 5.78 Å². The lowest BCUT2D eigenvalue weighted by molar-refractivity contribution is -0.130. The second-order valence-electron chi connectivity index (χ2n) is 5.20. The topological polar surface area (TPSA) is 55.0 Å². The number of ether oxygens (including phenoxy) is 1. The SMILES string of the molecule is CC(=O)C(C)(C)C(Oc1ccc(Cl)cc1)c1ncc[nH]1. The van der Waals surface area contributed by atoms with Crippen LogP contribution in [0.25, 0.3) is 0 Å². The molecule has 1 aromatic heterocycles. The third-order valence-electron chi connectivity index (χ3n) is 3.40. The molecule has 1 atom stereocenters. The first-order valence-electron chi connectivity index (χ1n) is 6.34. The molecule has 0 amide bonds. The van der Waals surface area contributed by atoms with E-state index in [0.29, 0.717) is 16.6 Å². The number of aromatic nitrogens is 2. The minimum atomic E-state index is -0.697. The van der Waals surface area contributed by atoms with Crippen LogP contribution < -0.4 is 4.74 Å². The van der Waals surface area contributed by atoms with Gasteiger partial charge >= 0.3 is 0 Å². The van der Waals surface area contributed by atoms with Gasteiger partial charge in [-0.2, -0.15) is 0 Å². The molecule has 1 aromatic carbocycles. The number of aromatic amines is 1. The van der Waals surface area contributed by atoms with E-state index >= 15 is 0 Å². The number of H-pyrrole nitrogens is 1. The number of carbonyl (C=O) groups excluding carboxylic acids is 1. The van der Waals surface area contributed by atoms with Gasteiger partial charge in [0.2, 0.25) is 0 Å². The van der Waals surface area contributed by atoms with Gasteiger partial charge in [-0.1, -0.05) is 11.6 Å². The molecule has 5 heteroatoms. The summed E-state index contributed by atoms with van der Waals surface area (Å²) in [5, 5.41) is 0.637. The van der Waals surface area contributed by atoms with Gasteiger partial charge in [0.15, 0.2) is 6.10 Å². The quantitative estimate of drug-likeness (QED) is 0.912. The van der Waals surface area contributed by atoms with E-state index in [1.165, 1.54) is 0 Å². The van der Waals surface area contributed by atoms with Gasteiger partial charge < -0.3 is 9.72 Å². The zero-order valence-electron chi connectivity index (χ0n) is 11.7. The number of ketones is 1. The molecule has 4 nitrogen and oxygen atoms in total. The summed E-state index contributed by atoms with van der Waals surface area (Å²) in [6.45, 7) is 5.25. The van der Waals surface area contributed by atoms with E-state index in [1.54, 1.807) is 43.6 Å². The zero-order valence-corrected chi connectivity index (χ0v) is 12.4. The summed E-state index contributed by atoms with van der Waals surface area (Å²) in [6.07, 6.45) is 2.87. The van der Waals surface area contributed by atoms with Gasteiger partial charge in [0.25, 0.3) is 0 Å². The maximum absolute atomic E-state index is 11.9. The highest BCUT2D eigenvalue weighted by atomic mass is 35.5. The number of carbonyl (C=O) groups is 1. The van der Waals surface area contributed by atoms with Crippen molar-refractivity contribution in [1.82, 2.24) is 9.97 Å². The van der Waals surface area contributed by atoms with Crippen molar-refractivity contribution in [1.29, 1.82) is 0 Å². The Morgan fingerprint density at radius 1 is 1.35 bits per heavy atom. The van der Waals surface area contributed by atoms with E-state index in [0.717, 1.165) is 0 Å². The van der Waals surface area contributed by atoms with E-state index in [4.69, 9.17) is 16.3 Å². The molecule has 0 fully saturated rings. The maximum Gasteiger partial charge on any atom is 0.168 e. The van der Waals surface area contributed by atoms with Crippen LogP contribution in [0, 0.1) is 5.41 Å². The summed E-state index contributed by atoms with van der Waals surface area (Å²) in [5.74, 6) is 1.30. The first-order valence-corrected chi connectivity index (χ1v) is 6.71. The predicted octanol–water partition coefficient (Wildman–Crippen LogP) is 3.80. The van der Waals surface area contributed by atoms with E-state index in [2.05, 4.69) is 9.97 Å². The number of nitrogens with zero attached hydrogens (tertiary/aromatic N) is 1. The summed E-state index contributed by atoms with van der Waals surface area (Å²) >= 11 is 5.86. The summed E-state index contributed by atoms with van der Waals surface area (Å²) in [4.78, 5) is 19.1. The highest BCUT2D eigenvalue weighted by molar-refractivity contribution is 6.30. The molecule has 2 rings (SSSR count). The molecule has 0 saturated heterocycles. The predicted molar refractivity (Wildman–Crippen MR) is 77.9 cm³/mol. The highest BCUT2D eigenvalue weighted by Gasteiger charge is 2.38. The standard InChI is InChI=1S/C15H17ClN2O2/c1-10(19)15(2,3)13(14-17-8-9-18-14)20-12-6-4-11(16)5-7-12/h4-9,13H,1-3H3,(H,17,18). The van der Waals surface area contributed by atoms with Gasteiger partial charge in [-0.05, 0) is 45.0 Å². The molecule has 0 saturated carbocycles. The summed E-state index contributed by atoms with van der Waals surface area (Å²) < 4.78 is 5.97. The lowest BCUT2D eigenvalue weighted by Gasteiger charge is -2.31. The number of hydrogen-bond donors (Lipinski definition) is 1. The minimum absolute atomic E-state index is 0.0351. The van der Waals surface area contributed by atoms with Crippen LogP contribution in [0.3, 0.4) is 0 Å². The van der Waals surface area contributed by atoms with Crippen molar-refractivity contribution < 1.29 is 9.53 Å². The molecule has 20 heavy (non-hydrogen) atoms. The van der Waals surface area contributed by atoms with Crippen molar-refractivity contribution in [3.8, 4) is 5.75 Å². The van der Waals surface area contributed by atoms with Gasteiger partial charge in [-0.15, -0.1) is 0 Å². The molecule has 1 heterocycles. The Labute approximate surface area is 123 Å². The average molecular weight is 293 g/mol. The second-order valence-corrected chi connectivity index (χ2v) is 5.64.